The van der Waals surface area contributed by atoms with E-state index in [0.29, 0.717) is 12.1 Å². The molecule has 1 atom stereocenters. The maximum Gasteiger partial charge on any atom is 0.264 e. The first-order chi connectivity index (χ1) is 19.7. The third-order valence-electron chi connectivity index (χ3n) is 7.76. The third kappa shape index (κ3) is 7.55. The zero-order chi connectivity index (χ0) is 29.4. The molecule has 1 aliphatic carbocycles. The van der Waals surface area contributed by atoms with Gasteiger partial charge in [0.15, 0.2) is 0 Å². The molecule has 7 nitrogen and oxygen atoms in total. The van der Waals surface area contributed by atoms with Crippen molar-refractivity contribution in [3.8, 4) is 0 Å². The molecule has 0 spiro atoms. The van der Waals surface area contributed by atoms with Crippen molar-refractivity contribution in [2.45, 2.75) is 82.8 Å². The van der Waals surface area contributed by atoms with Crippen LogP contribution in [0.5, 0.6) is 0 Å². The van der Waals surface area contributed by atoms with Crippen molar-refractivity contribution in [3.63, 3.8) is 0 Å². The molecular weight excluding hydrogens is 534 g/mol. The Bertz CT molecular complexity index is 1420. The summed E-state index contributed by atoms with van der Waals surface area (Å²) in [5.41, 5.74) is 3.04. The second-order valence-corrected chi connectivity index (χ2v) is 12.8. The summed E-state index contributed by atoms with van der Waals surface area (Å²) in [6.07, 6.45) is 5.61. The highest BCUT2D eigenvalue weighted by Gasteiger charge is 2.34. The molecule has 1 N–H and O–H groups in total. The number of benzene rings is 3. The number of rotatable bonds is 11. The lowest BCUT2D eigenvalue weighted by molar-refractivity contribution is -0.140. The van der Waals surface area contributed by atoms with Crippen molar-refractivity contribution in [2.75, 3.05) is 10.8 Å². The van der Waals surface area contributed by atoms with E-state index in [1.54, 1.807) is 29.2 Å². The summed E-state index contributed by atoms with van der Waals surface area (Å²) in [6, 6.07) is 22.5. The number of aryl methyl sites for hydroxylation is 2. The van der Waals surface area contributed by atoms with Crippen LogP contribution in [0.3, 0.4) is 0 Å². The fraction of sp³-hybridized carbons (Fsp3) is 0.394. The molecule has 0 heterocycles. The van der Waals surface area contributed by atoms with Crippen LogP contribution >= 0.6 is 0 Å². The summed E-state index contributed by atoms with van der Waals surface area (Å²) in [5, 5.41) is 3.18. The molecule has 1 saturated carbocycles. The Morgan fingerprint density at radius 3 is 2.15 bits per heavy atom. The number of sulfonamides is 1. The van der Waals surface area contributed by atoms with Crippen molar-refractivity contribution in [3.05, 3.63) is 95.6 Å². The Morgan fingerprint density at radius 1 is 0.902 bits per heavy atom. The smallest absolute Gasteiger partial charge is 0.264 e. The predicted octanol–water partition coefficient (Wildman–Crippen LogP) is 5.76. The van der Waals surface area contributed by atoms with Crippen molar-refractivity contribution in [1.29, 1.82) is 0 Å². The maximum atomic E-state index is 14.2. The van der Waals surface area contributed by atoms with Gasteiger partial charge >= 0.3 is 0 Å². The molecule has 1 aliphatic rings. The summed E-state index contributed by atoms with van der Waals surface area (Å²) in [5.74, 6) is -0.619. The molecule has 3 aromatic carbocycles. The quantitative estimate of drug-likeness (QED) is 0.315. The lowest BCUT2D eigenvalue weighted by Gasteiger charge is -2.34. The van der Waals surface area contributed by atoms with Gasteiger partial charge in [0.05, 0.1) is 10.6 Å². The van der Waals surface area contributed by atoms with Gasteiger partial charge in [0.25, 0.3) is 10.0 Å². The number of carbonyl (C=O) groups is 2. The van der Waals surface area contributed by atoms with Gasteiger partial charge in [-0.1, -0.05) is 92.4 Å². The van der Waals surface area contributed by atoms with Crippen molar-refractivity contribution in [2.24, 2.45) is 0 Å². The Morgan fingerprint density at radius 2 is 1.54 bits per heavy atom. The van der Waals surface area contributed by atoms with Gasteiger partial charge in [-0.2, -0.15) is 0 Å². The van der Waals surface area contributed by atoms with Crippen LogP contribution in [0.15, 0.2) is 83.8 Å². The number of amides is 2. The van der Waals surface area contributed by atoms with Crippen LogP contribution in [0.25, 0.3) is 0 Å². The number of hydrogen-bond donors (Lipinski definition) is 1. The molecule has 8 heteroatoms. The van der Waals surface area contributed by atoms with Gasteiger partial charge in [-0.25, -0.2) is 8.42 Å². The SMILES string of the molecule is CCC(C(=O)NC1CCCCC1)N(Cc1ccccc1)C(=O)CN(c1ccc(C)cc1C)S(=O)(=O)c1ccccc1. The van der Waals surface area contributed by atoms with E-state index in [0.717, 1.165) is 42.4 Å². The molecule has 0 saturated heterocycles. The van der Waals surface area contributed by atoms with Gasteiger partial charge in [0.2, 0.25) is 11.8 Å². The van der Waals surface area contributed by atoms with Crippen LogP contribution < -0.4 is 9.62 Å². The predicted molar refractivity (Wildman–Crippen MR) is 163 cm³/mol. The van der Waals surface area contributed by atoms with Crippen molar-refractivity contribution < 1.29 is 18.0 Å². The standard InChI is InChI=1S/C33H41N3O4S/c1-4-30(33(38)34-28-16-10-6-11-17-28)35(23-27-14-8-5-9-15-27)32(37)24-36(31-21-20-25(2)22-26(31)3)41(39,40)29-18-12-7-13-19-29/h5,7-9,12-15,18-22,28,30H,4,6,10-11,16-17,23-24H2,1-3H3,(H,34,38). The summed E-state index contributed by atoms with van der Waals surface area (Å²) >= 11 is 0. The van der Waals surface area contributed by atoms with E-state index in [1.165, 1.54) is 22.9 Å². The number of carbonyl (C=O) groups excluding carboxylic acids is 2. The second-order valence-electron chi connectivity index (χ2n) is 10.9. The van der Waals surface area contributed by atoms with Crippen LogP contribution in [0.1, 0.15) is 62.1 Å². The average Bonchev–Trinajstić information content (AvgIpc) is 2.97. The molecule has 2 amide bonds. The normalized spacial score (nSPS) is 14.7. The largest absolute Gasteiger partial charge is 0.352 e. The van der Waals surface area contributed by atoms with Crippen LogP contribution in [-0.2, 0) is 26.2 Å². The zero-order valence-corrected chi connectivity index (χ0v) is 25.1. The molecule has 218 valence electrons. The molecule has 3 aromatic rings. The first-order valence-electron chi connectivity index (χ1n) is 14.5. The topological polar surface area (TPSA) is 86.8 Å². The van der Waals surface area contributed by atoms with Crippen LogP contribution in [0.2, 0.25) is 0 Å². The fourth-order valence-electron chi connectivity index (χ4n) is 5.56. The Labute approximate surface area is 244 Å². The van der Waals surface area contributed by atoms with Gasteiger partial charge in [0.1, 0.15) is 12.6 Å². The zero-order valence-electron chi connectivity index (χ0n) is 24.3. The first-order valence-corrected chi connectivity index (χ1v) is 15.9. The van der Waals surface area contributed by atoms with E-state index in [-0.39, 0.29) is 23.4 Å². The minimum atomic E-state index is -4.08. The van der Waals surface area contributed by atoms with Gasteiger partial charge in [-0.3, -0.25) is 13.9 Å². The van der Waals surface area contributed by atoms with E-state index in [4.69, 9.17) is 0 Å². The van der Waals surface area contributed by atoms with Crippen molar-refractivity contribution in [1.82, 2.24) is 10.2 Å². The molecule has 0 aliphatic heterocycles. The molecule has 0 radical (unpaired) electrons. The molecule has 1 unspecified atom stereocenters. The fourth-order valence-corrected chi connectivity index (χ4v) is 7.06. The van der Waals surface area contributed by atoms with Crippen LogP contribution in [0, 0.1) is 13.8 Å². The lowest BCUT2D eigenvalue weighted by atomic mass is 9.95. The highest BCUT2D eigenvalue weighted by Crippen LogP contribution is 2.28. The highest BCUT2D eigenvalue weighted by molar-refractivity contribution is 7.92. The Hall–Kier alpha value is -3.65. The van der Waals surface area contributed by atoms with Gasteiger partial charge in [-0.15, -0.1) is 0 Å². The van der Waals surface area contributed by atoms with E-state index in [2.05, 4.69) is 5.32 Å². The summed E-state index contributed by atoms with van der Waals surface area (Å²) in [7, 11) is -4.08. The third-order valence-corrected chi connectivity index (χ3v) is 9.54. The average molecular weight is 576 g/mol. The minimum absolute atomic E-state index is 0.101. The molecule has 1 fully saturated rings. The number of hydrogen-bond acceptors (Lipinski definition) is 4. The summed E-state index contributed by atoms with van der Waals surface area (Å²) in [4.78, 5) is 29.5. The van der Waals surface area contributed by atoms with Gasteiger partial charge in [-0.05, 0) is 62.4 Å². The van der Waals surface area contributed by atoms with E-state index < -0.39 is 28.5 Å². The lowest BCUT2D eigenvalue weighted by Crippen LogP contribution is -2.54. The maximum absolute atomic E-state index is 14.2. The summed E-state index contributed by atoms with van der Waals surface area (Å²) < 4.78 is 29.2. The number of nitrogens with one attached hydrogen (secondary N) is 1. The Kier molecular flexibility index (Phi) is 10.2. The van der Waals surface area contributed by atoms with Crippen molar-refractivity contribution >= 4 is 27.5 Å². The van der Waals surface area contributed by atoms with Gasteiger partial charge in [0, 0.05) is 12.6 Å². The van der Waals surface area contributed by atoms with E-state index in [9.17, 15) is 18.0 Å². The van der Waals surface area contributed by atoms with Crippen LogP contribution in [0.4, 0.5) is 5.69 Å². The van der Waals surface area contributed by atoms with E-state index in [1.807, 2.05) is 63.2 Å². The molecule has 41 heavy (non-hydrogen) atoms. The monoisotopic (exact) mass is 575 g/mol. The van der Waals surface area contributed by atoms with E-state index >= 15 is 0 Å². The molecule has 4 rings (SSSR count). The molecular formula is C33H41N3O4S. The second kappa shape index (κ2) is 13.8. The number of nitrogens with zero attached hydrogens (tertiary/aromatic N) is 2. The molecule has 0 bridgehead atoms. The first kappa shape index (κ1) is 30.3. The highest BCUT2D eigenvalue weighted by atomic mass is 32.2. The van der Waals surface area contributed by atoms with Gasteiger partial charge < -0.3 is 10.2 Å². The number of anilines is 1. The summed E-state index contributed by atoms with van der Waals surface area (Å²) in [6.45, 7) is 5.44. The molecule has 0 aromatic heterocycles. The van der Waals surface area contributed by atoms with Crippen LogP contribution in [-0.4, -0.2) is 43.8 Å². The Balaban J connectivity index is 1.71. The minimum Gasteiger partial charge on any atom is -0.352 e.